The quantitative estimate of drug-likeness (QED) is 0.429. The Labute approximate surface area is 129 Å². The molecule has 0 spiro atoms. The number of ether oxygens (including phenoxy) is 1. The van der Waals surface area contributed by atoms with E-state index in [2.05, 4.69) is 13.8 Å². The molecular formula is C18H30O3. The maximum absolute atomic E-state index is 10.0. The zero-order chi connectivity index (χ0) is 15.5. The zero-order valence-electron chi connectivity index (χ0n) is 13.5. The molecular weight excluding hydrogens is 264 g/mol. The fourth-order valence-electron chi connectivity index (χ4n) is 2.46. The van der Waals surface area contributed by atoms with E-state index in [1.165, 1.54) is 31.7 Å². The van der Waals surface area contributed by atoms with Gasteiger partial charge < -0.3 is 14.9 Å². The van der Waals surface area contributed by atoms with Crippen molar-refractivity contribution in [3.05, 3.63) is 23.8 Å². The van der Waals surface area contributed by atoms with Crippen molar-refractivity contribution in [2.45, 2.75) is 71.3 Å². The number of phenols is 2. The number of benzene rings is 1. The van der Waals surface area contributed by atoms with Crippen molar-refractivity contribution in [2.75, 3.05) is 6.61 Å². The third-order valence-corrected chi connectivity index (χ3v) is 3.78. The Bertz CT molecular complexity index is 390. The number of phenolic OH excluding ortho intramolecular Hbond substituents is 2. The first-order chi connectivity index (χ1) is 10.2. The molecule has 21 heavy (non-hydrogen) atoms. The minimum absolute atomic E-state index is 0.0374. The first-order valence-electron chi connectivity index (χ1n) is 8.33. The molecule has 0 amide bonds. The molecule has 1 atom stereocenters. The normalized spacial score (nSPS) is 12.5. The number of hydrogen-bond acceptors (Lipinski definition) is 3. The lowest BCUT2D eigenvalue weighted by Crippen LogP contribution is -2.06. The van der Waals surface area contributed by atoms with Gasteiger partial charge >= 0.3 is 0 Å². The van der Waals surface area contributed by atoms with E-state index in [1.807, 2.05) is 6.07 Å². The zero-order valence-corrected chi connectivity index (χ0v) is 13.5. The first kappa shape index (κ1) is 17.8. The van der Waals surface area contributed by atoms with Crippen molar-refractivity contribution in [1.29, 1.82) is 0 Å². The molecule has 0 bridgehead atoms. The van der Waals surface area contributed by atoms with Crippen LogP contribution in [0.2, 0.25) is 0 Å². The van der Waals surface area contributed by atoms with E-state index in [4.69, 9.17) is 4.74 Å². The van der Waals surface area contributed by atoms with Gasteiger partial charge in [0.05, 0.1) is 6.10 Å². The highest BCUT2D eigenvalue weighted by Gasteiger charge is 2.17. The third kappa shape index (κ3) is 6.38. The van der Waals surface area contributed by atoms with Gasteiger partial charge in [-0.1, -0.05) is 64.5 Å². The van der Waals surface area contributed by atoms with Crippen LogP contribution in [-0.4, -0.2) is 16.8 Å². The molecule has 0 heterocycles. The summed E-state index contributed by atoms with van der Waals surface area (Å²) in [4.78, 5) is 0. The predicted octanol–water partition coefficient (Wildman–Crippen LogP) is 5.32. The number of para-hydroxylation sites is 1. The van der Waals surface area contributed by atoms with Gasteiger partial charge in [0.15, 0.2) is 11.5 Å². The highest BCUT2D eigenvalue weighted by atomic mass is 16.5. The maximum Gasteiger partial charge on any atom is 0.163 e. The molecule has 0 aliphatic carbocycles. The van der Waals surface area contributed by atoms with Gasteiger partial charge in [-0.05, 0) is 18.9 Å². The van der Waals surface area contributed by atoms with Crippen LogP contribution >= 0.6 is 0 Å². The fraction of sp³-hybridized carbons (Fsp3) is 0.667. The monoisotopic (exact) mass is 294 g/mol. The molecule has 0 saturated heterocycles. The Morgan fingerprint density at radius 1 is 0.952 bits per heavy atom. The molecule has 2 N–H and O–H groups in total. The van der Waals surface area contributed by atoms with Gasteiger partial charge in [-0.15, -0.1) is 0 Å². The van der Waals surface area contributed by atoms with Crippen molar-refractivity contribution in [1.82, 2.24) is 0 Å². The van der Waals surface area contributed by atoms with E-state index in [0.717, 1.165) is 25.7 Å². The van der Waals surface area contributed by atoms with Gasteiger partial charge in [0, 0.05) is 12.2 Å². The van der Waals surface area contributed by atoms with Crippen LogP contribution in [0.5, 0.6) is 11.5 Å². The Kier molecular flexibility index (Phi) is 8.91. The summed E-state index contributed by atoms with van der Waals surface area (Å²) in [6, 6.07) is 5.10. The van der Waals surface area contributed by atoms with Crippen molar-refractivity contribution >= 4 is 0 Å². The predicted molar refractivity (Wildman–Crippen MR) is 86.7 cm³/mol. The summed E-state index contributed by atoms with van der Waals surface area (Å²) in [6.07, 6.45) is 8.94. The van der Waals surface area contributed by atoms with E-state index in [-0.39, 0.29) is 17.6 Å². The molecule has 3 heteroatoms. The summed E-state index contributed by atoms with van der Waals surface area (Å²) < 4.78 is 5.98. The van der Waals surface area contributed by atoms with Gasteiger partial charge in [0.2, 0.25) is 0 Å². The molecule has 3 nitrogen and oxygen atoms in total. The van der Waals surface area contributed by atoms with Gasteiger partial charge in [0.25, 0.3) is 0 Å². The summed E-state index contributed by atoms with van der Waals surface area (Å²) in [6.45, 7) is 5.07. The van der Waals surface area contributed by atoms with Crippen molar-refractivity contribution < 1.29 is 14.9 Å². The number of hydrogen-bond donors (Lipinski definition) is 2. The van der Waals surface area contributed by atoms with Crippen LogP contribution in [-0.2, 0) is 4.74 Å². The van der Waals surface area contributed by atoms with Gasteiger partial charge in [0.1, 0.15) is 0 Å². The van der Waals surface area contributed by atoms with Crippen LogP contribution in [0.3, 0.4) is 0 Å². The average molecular weight is 294 g/mol. The van der Waals surface area contributed by atoms with Gasteiger partial charge in [-0.2, -0.15) is 0 Å². The molecule has 1 unspecified atom stereocenters. The Morgan fingerprint density at radius 3 is 2.38 bits per heavy atom. The molecule has 0 radical (unpaired) electrons. The molecule has 1 aromatic carbocycles. The maximum atomic E-state index is 10.0. The van der Waals surface area contributed by atoms with Gasteiger partial charge in [-0.3, -0.25) is 0 Å². The number of unbranched alkanes of at least 4 members (excludes halogenated alkanes) is 5. The van der Waals surface area contributed by atoms with Crippen LogP contribution in [0.1, 0.15) is 76.9 Å². The Morgan fingerprint density at radius 2 is 1.67 bits per heavy atom. The van der Waals surface area contributed by atoms with Crippen LogP contribution in [0.15, 0.2) is 18.2 Å². The largest absolute Gasteiger partial charge is 0.504 e. The Balaban J connectivity index is 2.53. The SMILES string of the molecule is CCCCCCCOC(CCCC)c1cccc(O)c1O. The van der Waals surface area contributed by atoms with Crippen LogP contribution < -0.4 is 0 Å². The van der Waals surface area contributed by atoms with Gasteiger partial charge in [-0.25, -0.2) is 0 Å². The van der Waals surface area contributed by atoms with E-state index in [0.29, 0.717) is 12.2 Å². The molecule has 0 aromatic heterocycles. The number of aromatic hydroxyl groups is 2. The summed E-state index contributed by atoms with van der Waals surface area (Å²) in [5.41, 5.74) is 0.706. The molecule has 1 aromatic rings. The highest BCUT2D eigenvalue weighted by Crippen LogP contribution is 2.36. The molecule has 0 fully saturated rings. The summed E-state index contributed by atoms with van der Waals surface area (Å²) in [5.74, 6) is -0.106. The van der Waals surface area contributed by atoms with Crippen LogP contribution in [0.25, 0.3) is 0 Å². The van der Waals surface area contributed by atoms with Crippen LogP contribution in [0.4, 0.5) is 0 Å². The standard InChI is InChI=1S/C18H30O3/c1-3-5-7-8-9-14-21-17(13-6-4-2)15-11-10-12-16(19)18(15)20/h10-12,17,19-20H,3-9,13-14H2,1-2H3. The second kappa shape index (κ2) is 10.5. The lowest BCUT2D eigenvalue weighted by Gasteiger charge is -2.19. The number of rotatable bonds is 11. The second-order valence-corrected chi connectivity index (χ2v) is 5.63. The summed E-state index contributed by atoms with van der Waals surface area (Å²) >= 11 is 0. The summed E-state index contributed by atoms with van der Waals surface area (Å²) in [7, 11) is 0. The molecule has 0 aliphatic heterocycles. The molecule has 0 saturated carbocycles. The van der Waals surface area contributed by atoms with Crippen LogP contribution in [0, 0.1) is 0 Å². The van der Waals surface area contributed by atoms with Crippen molar-refractivity contribution in [3.8, 4) is 11.5 Å². The lowest BCUT2D eigenvalue weighted by molar-refractivity contribution is 0.0407. The average Bonchev–Trinajstić information content (AvgIpc) is 2.49. The van der Waals surface area contributed by atoms with E-state index in [9.17, 15) is 10.2 Å². The third-order valence-electron chi connectivity index (χ3n) is 3.78. The topological polar surface area (TPSA) is 49.7 Å². The minimum atomic E-state index is -0.122. The molecule has 0 aliphatic rings. The minimum Gasteiger partial charge on any atom is -0.504 e. The van der Waals surface area contributed by atoms with E-state index < -0.39 is 0 Å². The lowest BCUT2D eigenvalue weighted by atomic mass is 10.0. The first-order valence-corrected chi connectivity index (χ1v) is 8.33. The van der Waals surface area contributed by atoms with Crippen molar-refractivity contribution in [3.63, 3.8) is 0 Å². The van der Waals surface area contributed by atoms with E-state index >= 15 is 0 Å². The Hall–Kier alpha value is -1.22. The fourth-order valence-corrected chi connectivity index (χ4v) is 2.46. The van der Waals surface area contributed by atoms with E-state index in [1.54, 1.807) is 6.07 Å². The molecule has 120 valence electrons. The van der Waals surface area contributed by atoms with Crippen molar-refractivity contribution in [2.24, 2.45) is 0 Å². The highest BCUT2D eigenvalue weighted by molar-refractivity contribution is 5.45. The smallest absolute Gasteiger partial charge is 0.163 e. The molecule has 1 rings (SSSR count). The summed E-state index contributed by atoms with van der Waals surface area (Å²) in [5, 5.41) is 19.6. The second-order valence-electron chi connectivity index (χ2n) is 5.63.